The molecule has 0 aliphatic carbocycles. The third-order valence-corrected chi connectivity index (χ3v) is 4.52. The predicted molar refractivity (Wildman–Crippen MR) is 85.6 cm³/mol. The molecule has 112 valence electrons. The zero-order valence-corrected chi connectivity index (χ0v) is 12.8. The first-order valence-corrected chi connectivity index (χ1v) is 8.52. The van der Waals surface area contributed by atoms with Gasteiger partial charge in [-0.25, -0.2) is 13.1 Å². The molecule has 0 aliphatic rings. The summed E-state index contributed by atoms with van der Waals surface area (Å²) in [7, 11) is -1.61. The third-order valence-electron chi connectivity index (χ3n) is 3.18. The van der Waals surface area contributed by atoms with Gasteiger partial charge in [0.25, 0.3) is 0 Å². The summed E-state index contributed by atoms with van der Waals surface area (Å²) in [5.41, 5.74) is 1.86. The van der Waals surface area contributed by atoms with Crippen LogP contribution < -0.4 is 10.0 Å². The Morgan fingerprint density at radius 2 is 1.38 bits per heavy atom. The van der Waals surface area contributed by atoms with Crippen LogP contribution in [-0.2, 0) is 10.0 Å². The smallest absolute Gasteiger partial charge is 0.213 e. The molecule has 2 aromatic rings. The Labute approximate surface area is 126 Å². The van der Waals surface area contributed by atoms with Gasteiger partial charge in [0.15, 0.2) is 0 Å². The number of benzene rings is 2. The molecule has 2 aromatic carbocycles. The Balaban J connectivity index is 2.30. The van der Waals surface area contributed by atoms with Gasteiger partial charge in [0.1, 0.15) is 0 Å². The average molecular weight is 304 g/mol. The molecule has 0 saturated carbocycles. The van der Waals surface area contributed by atoms with Crippen molar-refractivity contribution in [2.45, 2.75) is 6.04 Å². The Hall–Kier alpha value is -1.69. The van der Waals surface area contributed by atoms with Crippen LogP contribution in [0.2, 0.25) is 0 Å². The van der Waals surface area contributed by atoms with Crippen molar-refractivity contribution in [3.8, 4) is 0 Å². The maximum Gasteiger partial charge on any atom is 0.213 e. The van der Waals surface area contributed by atoms with E-state index in [4.69, 9.17) is 0 Å². The standard InChI is InChI=1S/C16H20N2O2S/c1-17-12-13-21(19,20)18-16(14-8-4-2-5-9-14)15-10-6-3-7-11-15/h2-11,16-18H,12-13H2,1H3. The van der Waals surface area contributed by atoms with Gasteiger partial charge in [-0.2, -0.15) is 0 Å². The van der Waals surface area contributed by atoms with Crippen LogP contribution in [0.3, 0.4) is 0 Å². The minimum atomic E-state index is -3.35. The highest BCUT2D eigenvalue weighted by atomic mass is 32.2. The Morgan fingerprint density at radius 1 is 0.905 bits per heavy atom. The van der Waals surface area contributed by atoms with Crippen molar-refractivity contribution in [1.82, 2.24) is 10.0 Å². The molecule has 0 aromatic heterocycles. The van der Waals surface area contributed by atoms with Crippen LogP contribution in [0.4, 0.5) is 0 Å². The highest BCUT2D eigenvalue weighted by Gasteiger charge is 2.20. The molecule has 0 aliphatic heterocycles. The van der Waals surface area contributed by atoms with Gasteiger partial charge in [0.05, 0.1) is 11.8 Å². The van der Waals surface area contributed by atoms with Gasteiger partial charge < -0.3 is 5.32 Å². The van der Waals surface area contributed by atoms with E-state index in [1.807, 2.05) is 60.7 Å². The van der Waals surface area contributed by atoms with Crippen molar-refractivity contribution < 1.29 is 8.42 Å². The second-order valence-corrected chi connectivity index (χ2v) is 6.67. The van der Waals surface area contributed by atoms with E-state index >= 15 is 0 Å². The van der Waals surface area contributed by atoms with Gasteiger partial charge in [-0.1, -0.05) is 60.7 Å². The lowest BCUT2D eigenvalue weighted by Crippen LogP contribution is -2.34. The number of hydrogen-bond donors (Lipinski definition) is 2. The van der Waals surface area contributed by atoms with E-state index in [1.54, 1.807) is 7.05 Å². The first-order valence-electron chi connectivity index (χ1n) is 6.87. The van der Waals surface area contributed by atoms with Crippen LogP contribution in [0.25, 0.3) is 0 Å². The van der Waals surface area contributed by atoms with E-state index < -0.39 is 10.0 Å². The summed E-state index contributed by atoms with van der Waals surface area (Å²) in [5, 5.41) is 2.86. The van der Waals surface area contributed by atoms with Gasteiger partial charge in [0, 0.05) is 6.54 Å². The number of hydrogen-bond acceptors (Lipinski definition) is 3. The Kier molecular flexibility index (Phi) is 5.50. The zero-order valence-electron chi connectivity index (χ0n) is 12.0. The van der Waals surface area contributed by atoms with E-state index in [0.29, 0.717) is 6.54 Å². The lowest BCUT2D eigenvalue weighted by Gasteiger charge is -2.19. The quantitative estimate of drug-likeness (QED) is 0.821. The number of nitrogens with one attached hydrogen (secondary N) is 2. The summed E-state index contributed by atoms with van der Waals surface area (Å²) < 4.78 is 27.2. The molecule has 0 bridgehead atoms. The van der Waals surface area contributed by atoms with Crippen LogP contribution in [-0.4, -0.2) is 27.8 Å². The molecule has 0 spiro atoms. The van der Waals surface area contributed by atoms with Crippen LogP contribution >= 0.6 is 0 Å². The Morgan fingerprint density at radius 3 is 1.81 bits per heavy atom. The van der Waals surface area contributed by atoms with Crippen molar-refractivity contribution in [1.29, 1.82) is 0 Å². The molecule has 0 amide bonds. The maximum atomic E-state index is 12.2. The minimum absolute atomic E-state index is 0.0552. The van der Waals surface area contributed by atoms with E-state index in [1.165, 1.54) is 0 Å². The van der Waals surface area contributed by atoms with E-state index in [0.717, 1.165) is 11.1 Å². The van der Waals surface area contributed by atoms with Gasteiger partial charge in [0.2, 0.25) is 10.0 Å². The second kappa shape index (κ2) is 7.36. The molecule has 5 heteroatoms. The van der Waals surface area contributed by atoms with E-state index in [9.17, 15) is 8.42 Å². The van der Waals surface area contributed by atoms with Gasteiger partial charge >= 0.3 is 0 Å². The first kappa shape index (κ1) is 15.7. The summed E-state index contributed by atoms with van der Waals surface area (Å²) in [5.74, 6) is 0.0552. The SMILES string of the molecule is CNCCS(=O)(=O)NC(c1ccccc1)c1ccccc1. The van der Waals surface area contributed by atoms with E-state index in [-0.39, 0.29) is 11.8 Å². The van der Waals surface area contributed by atoms with Crippen molar-refractivity contribution in [2.24, 2.45) is 0 Å². The number of rotatable bonds is 7. The summed E-state index contributed by atoms with van der Waals surface area (Å²) in [6.07, 6.45) is 0. The minimum Gasteiger partial charge on any atom is -0.319 e. The largest absolute Gasteiger partial charge is 0.319 e. The summed E-state index contributed by atoms with van der Waals surface area (Å²) in [6.45, 7) is 0.422. The molecule has 4 nitrogen and oxygen atoms in total. The Bertz CT molecular complexity index is 603. The van der Waals surface area contributed by atoms with Crippen LogP contribution in [0, 0.1) is 0 Å². The van der Waals surface area contributed by atoms with Crippen LogP contribution in [0.1, 0.15) is 17.2 Å². The van der Waals surface area contributed by atoms with Crippen molar-refractivity contribution >= 4 is 10.0 Å². The lowest BCUT2D eigenvalue weighted by molar-refractivity contribution is 0.570. The topological polar surface area (TPSA) is 58.2 Å². The lowest BCUT2D eigenvalue weighted by atomic mass is 10.00. The van der Waals surface area contributed by atoms with Crippen LogP contribution in [0.5, 0.6) is 0 Å². The molecular weight excluding hydrogens is 284 g/mol. The third kappa shape index (κ3) is 4.67. The van der Waals surface area contributed by atoms with Crippen molar-refractivity contribution in [2.75, 3.05) is 19.3 Å². The van der Waals surface area contributed by atoms with Gasteiger partial charge in [-0.3, -0.25) is 0 Å². The molecule has 0 saturated heterocycles. The summed E-state index contributed by atoms with van der Waals surface area (Å²) in [4.78, 5) is 0. The fourth-order valence-corrected chi connectivity index (χ4v) is 3.32. The second-order valence-electron chi connectivity index (χ2n) is 4.79. The molecular formula is C16H20N2O2S. The molecule has 0 radical (unpaired) electrons. The molecule has 0 heterocycles. The highest BCUT2D eigenvalue weighted by Crippen LogP contribution is 2.22. The molecule has 0 fully saturated rings. The molecule has 21 heavy (non-hydrogen) atoms. The highest BCUT2D eigenvalue weighted by molar-refractivity contribution is 7.89. The normalized spacial score (nSPS) is 11.7. The van der Waals surface area contributed by atoms with Crippen LogP contribution in [0.15, 0.2) is 60.7 Å². The monoisotopic (exact) mass is 304 g/mol. The molecule has 0 atom stereocenters. The van der Waals surface area contributed by atoms with E-state index in [2.05, 4.69) is 10.0 Å². The molecule has 2 rings (SSSR count). The number of sulfonamides is 1. The summed E-state index contributed by atoms with van der Waals surface area (Å²) in [6, 6.07) is 18.8. The van der Waals surface area contributed by atoms with Crippen molar-refractivity contribution in [3.63, 3.8) is 0 Å². The molecule has 0 unspecified atom stereocenters. The fraction of sp³-hybridized carbons (Fsp3) is 0.250. The molecule has 2 N–H and O–H groups in total. The predicted octanol–water partition coefficient (Wildman–Crippen LogP) is 1.91. The van der Waals surface area contributed by atoms with Crippen molar-refractivity contribution in [3.05, 3.63) is 71.8 Å². The fourth-order valence-electron chi connectivity index (χ4n) is 2.09. The van der Waals surface area contributed by atoms with Gasteiger partial charge in [-0.15, -0.1) is 0 Å². The first-order chi connectivity index (χ1) is 10.1. The zero-order chi connectivity index (χ0) is 15.1. The summed E-state index contributed by atoms with van der Waals surface area (Å²) >= 11 is 0. The maximum absolute atomic E-state index is 12.2. The average Bonchev–Trinajstić information content (AvgIpc) is 2.52. The van der Waals surface area contributed by atoms with Gasteiger partial charge in [-0.05, 0) is 18.2 Å².